The number of benzene rings is 1. The summed E-state index contributed by atoms with van der Waals surface area (Å²) in [4.78, 5) is 21.9. The molecule has 7 heteroatoms. The molecule has 0 saturated carbocycles. The molecule has 0 amide bonds. The normalized spacial score (nSPS) is 21.7. The van der Waals surface area contributed by atoms with Crippen molar-refractivity contribution in [2.75, 3.05) is 29.9 Å². The molecule has 3 heterocycles. The molecule has 26 heavy (non-hydrogen) atoms. The van der Waals surface area contributed by atoms with E-state index in [0.29, 0.717) is 12.5 Å². The van der Waals surface area contributed by atoms with Gasteiger partial charge in [0.1, 0.15) is 11.9 Å². The number of carboxylic acids is 1. The Morgan fingerprint density at radius 1 is 1.35 bits per heavy atom. The molecule has 2 aliphatic heterocycles. The first-order valence-electron chi connectivity index (χ1n) is 8.92. The summed E-state index contributed by atoms with van der Waals surface area (Å²) in [5, 5.41) is 12.3. The summed E-state index contributed by atoms with van der Waals surface area (Å²) in [5.41, 5.74) is 2.95. The number of nitrogens with one attached hydrogen (secondary N) is 1. The highest BCUT2D eigenvalue weighted by Gasteiger charge is 2.26. The van der Waals surface area contributed by atoms with Crippen LogP contribution in [0.3, 0.4) is 0 Å². The van der Waals surface area contributed by atoms with Gasteiger partial charge in [-0.15, -0.1) is 0 Å². The molecule has 1 fully saturated rings. The highest BCUT2D eigenvalue weighted by molar-refractivity contribution is 5.71. The maximum absolute atomic E-state index is 10.9. The minimum Gasteiger partial charge on any atom is -0.487 e. The van der Waals surface area contributed by atoms with Crippen molar-refractivity contribution < 1.29 is 14.6 Å². The van der Waals surface area contributed by atoms with E-state index >= 15 is 0 Å². The van der Waals surface area contributed by atoms with Crippen LogP contribution in [0.4, 0.5) is 11.6 Å². The van der Waals surface area contributed by atoms with E-state index in [1.807, 2.05) is 37.5 Å². The first kappa shape index (κ1) is 16.6. The van der Waals surface area contributed by atoms with Gasteiger partial charge in [0.25, 0.3) is 0 Å². The monoisotopic (exact) mass is 354 g/mol. The van der Waals surface area contributed by atoms with E-state index in [4.69, 9.17) is 9.84 Å². The zero-order chi connectivity index (χ0) is 18.1. The zero-order valence-corrected chi connectivity index (χ0v) is 14.7. The average molecular weight is 354 g/mol. The predicted molar refractivity (Wildman–Crippen MR) is 98.6 cm³/mol. The fourth-order valence-corrected chi connectivity index (χ4v) is 3.52. The Labute approximate surface area is 152 Å². The van der Waals surface area contributed by atoms with Crippen molar-refractivity contribution >= 4 is 17.6 Å². The largest absolute Gasteiger partial charge is 0.487 e. The zero-order valence-electron chi connectivity index (χ0n) is 14.7. The van der Waals surface area contributed by atoms with E-state index in [-0.39, 0.29) is 18.4 Å². The summed E-state index contributed by atoms with van der Waals surface area (Å²) in [7, 11) is 0. The van der Waals surface area contributed by atoms with Crippen molar-refractivity contribution in [2.45, 2.75) is 25.9 Å². The molecular formula is C19H22N4O3. The highest BCUT2D eigenvalue weighted by atomic mass is 16.5. The quantitative estimate of drug-likeness (QED) is 0.872. The second kappa shape index (κ2) is 6.82. The van der Waals surface area contributed by atoms with Crippen molar-refractivity contribution in [3.8, 4) is 16.9 Å². The molecule has 2 aromatic rings. The number of hydrogen-bond acceptors (Lipinski definition) is 6. The lowest BCUT2D eigenvalue weighted by atomic mass is 10.1. The molecule has 0 bridgehead atoms. The van der Waals surface area contributed by atoms with Crippen LogP contribution in [0.25, 0.3) is 11.1 Å². The molecule has 4 rings (SSSR count). The number of aliphatic carboxylic acids is 1. The van der Waals surface area contributed by atoms with Gasteiger partial charge in [0, 0.05) is 37.5 Å². The number of nitrogens with zero attached hydrogens (tertiary/aromatic N) is 3. The Kier molecular flexibility index (Phi) is 4.36. The van der Waals surface area contributed by atoms with E-state index in [9.17, 15) is 4.79 Å². The van der Waals surface area contributed by atoms with Crippen LogP contribution in [-0.2, 0) is 4.79 Å². The van der Waals surface area contributed by atoms with Crippen LogP contribution in [-0.4, -0.2) is 46.8 Å². The maximum Gasteiger partial charge on any atom is 0.303 e. The van der Waals surface area contributed by atoms with Gasteiger partial charge in [-0.2, -0.15) is 0 Å². The molecule has 0 aliphatic carbocycles. The summed E-state index contributed by atoms with van der Waals surface area (Å²) < 4.78 is 5.88. The molecule has 1 aromatic heterocycles. The van der Waals surface area contributed by atoms with Gasteiger partial charge in [0.15, 0.2) is 0 Å². The van der Waals surface area contributed by atoms with E-state index in [1.165, 1.54) is 0 Å². The summed E-state index contributed by atoms with van der Waals surface area (Å²) in [6, 6.07) is 6.05. The Morgan fingerprint density at radius 2 is 2.15 bits per heavy atom. The Bertz CT molecular complexity index is 809. The second-order valence-electron chi connectivity index (χ2n) is 6.99. The number of anilines is 2. The molecule has 7 nitrogen and oxygen atoms in total. The van der Waals surface area contributed by atoms with Gasteiger partial charge in [-0.05, 0) is 37.0 Å². The third-order valence-corrected chi connectivity index (χ3v) is 4.89. The molecule has 2 N–H and O–H groups in total. The molecule has 2 atom stereocenters. The van der Waals surface area contributed by atoms with Crippen LogP contribution in [0.1, 0.15) is 19.8 Å². The van der Waals surface area contributed by atoms with Crippen LogP contribution >= 0.6 is 0 Å². The number of rotatable bonds is 4. The van der Waals surface area contributed by atoms with Gasteiger partial charge in [-0.1, -0.05) is 6.07 Å². The molecule has 136 valence electrons. The second-order valence-corrected chi connectivity index (χ2v) is 6.99. The van der Waals surface area contributed by atoms with E-state index in [1.54, 1.807) is 0 Å². The predicted octanol–water partition coefficient (Wildman–Crippen LogP) is 2.64. The molecular weight excluding hydrogens is 332 g/mol. The van der Waals surface area contributed by atoms with Crippen molar-refractivity contribution in [3.05, 3.63) is 30.6 Å². The molecule has 1 saturated heterocycles. The smallest absolute Gasteiger partial charge is 0.303 e. The number of carbonyl (C=O) groups is 1. The lowest BCUT2D eigenvalue weighted by molar-refractivity contribution is -0.137. The Morgan fingerprint density at radius 3 is 2.92 bits per heavy atom. The minimum absolute atomic E-state index is 0.144. The molecule has 1 aromatic carbocycles. The maximum atomic E-state index is 10.9. The Balaban J connectivity index is 1.48. The first-order valence-corrected chi connectivity index (χ1v) is 8.92. The summed E-state index contributed by atoms with van der Waals surface area (Å²) in [6.07, 6.45) is 4.84. The molecule has 0 radical (unpaired) electrons. The molecule has 0 spiro atoms. The van der Waals surface area contributed by atoms with Crippen LogP contribution in [0, 0.1) is 5.92 Å². The van der Waals surface area contributed by atoms with Gasteiger partial charge in [-0.3, -0.25) is 4.79 Å². The highest BCUT2D eigenvalue weighted by Crippen LogP contribution is 2.33. The average Bonchev–Trinajstić information content (AvgIpc) is 3.09. The summed E-state index contributed by atoms with van der Waals surface area (Å²) >= 11 is 0. The van der Waals surface area contributed by atoms with Crippen LogP contribution in [0.15, 0.2) is 30.6 Å². The summed E-state index contributed by atoms with van der Waals surface area (Å²) in [6.45, 7) is 4.34. The fourth-order valence-electron chi connectivity index (χ4n) is 3.52. The van der Waals surface area contributed by atoms with Crippen molar-refractivity contribution in [2.24, 2.45) is 5.92 Å². The third kappa shape index (κ3) is 3.42. The SMILES string of the molecule is CC1CNc2ccc(-c3cnc(N4CCC(CC(=O)O)C4)nc3)cc2O1. The van der Waals surface area contributed by atoms with Crippen molar-refractivity contribution in [3.63, 3.8) is 0 Å². The van der Waals surface area contributed by atoms with Gasteiger partial charge in [0.05, 0.1) is 12.2 Å². The number of aromatic nitrogens is 2. The number of ether oxygens (including phenoxy) is 1. The van der Waals surface area contributed by atoms with E-state index in [2.05, 4.69) is 20.2 Å². The topological polar surface area (TPSA) is 87.6 Å². The van der Waals surface area contributed by atoms with Crippen molar-refractivity contribution in [1.29, 1.82) is 0 Å². The molecule has 2 aliphatic rings. The standard InChI is InChI=1S/C19H22N4O3/c1-12-8-20-16-3-2-14(7-17(16)26-12)15-9-21-19(22-10-15)23-5-4-13(11-23)6-18(24)25/h2-3,7,9-10,12-13,20H,4-6,8,11H2,1H3,(H,24,25). The lowest BCUT2D eigenvalue weighted by Crippen LogP contribution is -2.27. The Hall–Kier alpha value is -2.83. The van der Waals surface area contributed by atoms with E-state index in [0.717, 1.165) is 42.1 Å². The van der Waals surface area contributed by atoms with Crippen LogP contribution < -0.4 is 15.0 Å². The van der Waals surface area contributed by atoms with Gasteiger partial charge < -0.3 is 20.1 Å². The first-order chi connectivity index (χ1) is 12.6. The summed E-state index contributed by atoms with van der Waals surface area (Å²) in [5.74, 6) is 0.933. The van der Waals surface area contributed by atoms with E-state index < -0.39 is 5.97 Å². The van der Waals surface area contributed by atoms with Crippen LogP contribution in [0.5, 0.6) is 5.75 Å². The minimum atomic E-state index is -0.744. The number of fused-ring (bicyclic) bond motifs is 1. The molecule has 2 unspecified atom stereocenters. The lowest BCUT2D eigenvalue weighted by Gasteiger charge is -2.25. The fraction of sp³-hybridized carbons (Fsp3) is 0.421. The van der Waals surface area contributed by atoms with Gasteiger partial charge in [0.2, 0.25) is 5.95 Å². The van der Waals surface area contributed by atoms with Crippen LogP contribution in [0.2, 0.25) is 0 Å². The third-order valence-electron chi connectivity index (χ3n) is 4.89. The number of hydrogen-bond donors (Lipinski definition) is 2. The van der Waals surface area contributed by atoms with Gasteiger partial charge in [-0.25, -0.2) is 9.97 Å². The van der Waals surface area contributed by atoms with Crippen molar-refractivity contribution in [1.82, 2.24) is 9.97 Å². The van der Waals surface area contributed by atoms with Gasteiger partial charge >= 0.3 is 5.97 Å². The number of carboxylic acid groups (broad SMARTS) is 1.